The van der Waals surface area contributed by atoms with Gasteiger partial charge < -0.3 is 78.4 Å². The summed E-state index contributed by atoms with van der Waals surface area (Å²) in [4.78, 5) is 162. The van der Waals surface area contributed by atoms with Crippen LogP contribution < -0.4 is 43.0 Å². The zero-order chi connectivity index (χ0) is 69.7. The Balaban J connectivity index is 1.19. The first-order valence-corrected chi connectivity index (χ1v) is 32.6. The fourth-order valence-corrected chi connectivity index (χ4v) is 11.5. The zero-order valence-corrected chi connectivity index (χ0v) is 54.5. The number of fused-ring (bicyclic) bond motifs is 1. The van der Waals surface area contributed by atoms with Gasteiger partial charge in [-0.3, -0.25) is 72.3 Å². The van der Waals surface area contributed by atoms with Crippen molar-refractivity contribution in [3.8, 4) is 5.75 Å². The number of benzene rings is 3. The van der Waals surface area contributed by atoms with Gasteiger partial charge >= 0.3 is 17.9 Å². The number of nitrogens with two attached hydrogens (primary N) is 1. The standard InChI is InChI=1S/C66H94N14O16/c1-43(81)60-65(95)74-53(36-44-13-5-3-6-14-44)66(96)76(2)54(23-26-69-55(83)18-7-4-12-25-68-56(84)39-77-27-29-78(40-57(85)86)31-33-80(42-59(89)90)34-32-79(30-28-77)41-58(87)88)64(94)73-51(35-45-19-21-47(82)22-20-45)62(92)72-52(37-46-38-70-49-16-9-8-15-48(46)49)63(93)71-50(61(91)75-60)17-10-11-24-67/h3,5-6,8-9,13-16,19-22,38,43,50-54,60,70,81-82H,4,7,10-12,17-18,23-37,39-42,67H2,1-2H3,(H,68,84)(H,69,83)(H,71,93)(H,72,92)(H,73,94)(H,74,95)(H,75,91)(H,85,86)(H,87,88)(H,89,90)/t43-,50+,51+,52-,53+,54+,60+/m1/s1. The summed E-state index contributed by atoms with van der Waals surface area (Å²) >= 11 is 0. The zero-order valence-electron chi connectivity index (χ0n) is 54.5. The Kier molecular flexibility index (Phi) is 30.9. The van der Waals surface area contributed by atoms with Crippen molar-refractivity contribution < 1.29 is 78.3 Å². The van der Waals surface area contributed by atoms with Crippen molar-refractivity contribution >= 4 is 76.1 Å². The molecule has 2 aliphatic rings. The number of amides is 8. The maximum Gasteiger partial charge on any atom is 0.317 e. The van der Waals surface area contributed by atoms with Gasteiger partial charge in [0.1, 0.15) is 42.0 Å². The number of carbonyl (C=O) groups is 11. The van der Waals surface area contributed by atoms with E-state index < -0.39 is 102 Å². The molecule has 3 aromatic carbocycles. The lowest BCUT2D eigenvalue weighted by Gasteiger charge is -2.33. The molecule has 2 fully saturated rings. The van der Waals surface area contributed by atoms with Crippen LogP contribution in [0.15, 0.2) is 85.1 Å². The topological polar surface area (TPSA) is 431 Å². The van der Waals surface area contributed by atoms with Crippen LogP contribution in [0.3, 0.4) is 0 Å². The minimum atomic E-state index is -1.67. The van der Waals surface area contributed by atoms with E-state index in [2.05, 4.69) is 42.2 Å². The predicted octanol–water partition coefficient (Wildman–Crippen LogP) is -1.67. The molecule has 0 radical (unpaired) electrons. The molecule has 0 spiro atoms. The summed E-state index contributed by atoms with van der Waals surface area (Å²) in [6.07, 6.45) is 1.72. The Morgan fingerprint density at radius 2 is 1.03 bits per heavy atom. The molecule has 15 N–H and O–H groups in total. The average molecular weight is 1340 g/mol. The molecular weight excluding hydrogens is 1240 g/mol. The van der Waals surface area contributed by atoms with Crippen LogP contribution in [-0.2, 0) is 72.0 Å². The smallest absolute Gasteiger partial charge is 0.317 e. The Bertz CT molecular complexity index is 3210. The molecule has 524 valence electrons. The van der Waals surface area contributed by atoms with Gasteiger partial charge in [-0.25, -0.2) is 0 Å². The second kappa shape index (κ2) is 39.1. The minimum absolute atomic E-state index is 0.0316. The van der Waals surface area contributed by atoms with Gasteiger partial charge in [0.05, 0.1) is 32.3 Å². The summed E-state index contributed by atoms with van der Waals surface area (Å²) < 4.78 is 0. The lowest BCUT2D eigenvalue weighted by Crippen LogP contribution is -2.63. The van der Waals surface area contributed by atoms with E-state index in [9.17, 15) is 68.7 Å². The van der Waals surface area contributed by atoms with Crippen LogP contribution in [0.25, 0.3) is 10.9 Å². The van der Waals surface area contributed by atoms with Crippen molar-refractivity contribution in [2.45, 2.75) is 120 Å². The average Bonchev–Trinajstić information content (AvgIpc) is 1.36. The molecule has 3 heterocycles. The number of aliphatic hydroxyl groups excluding tert-OH is 1. The molecule has 30 nitrogen and oxygen atoms in total. The number of carboxylic acids is 3. The summed E-state index contributed by atoms with van der Waals surface area (Å²) in [6, 6.07) is 13.1. The van der Waals surface area contributed by atoms with E-state index in [4.69, 9.17) is 5.73 Å². The number of phenols is 1. The third-order valence-corrected chi connectivity index (χ3v) is 16.9. The number of carboxylic acid groups (broad SMARTS) is 3. The molecule has 6 rings (SSSR count). The fourth-order valence-electron chi connectivity index (χ4n) is 11.5. The van der Waals surface area contributed by atoms with Crippen molar-refractivity contribution in [2.75, 3.05) is 105 Å². The SMILES string of the molecule is C[C@@H](O)[C@@H]1NC(=O)[C@H](CCCCN)NC(=O)[C@@H](Cc2c[nH]c3ccccc23)NC(=O)[C@H](Cc2ccc(O)cc2)NC(=O)[C@H](CCNC(=O)CCCCCNC(=O)CN2CCN(CC(=O)O)CCN(CC(=O)O)CCN(CC(=O)O)CC2)N(C)C(=O)[C@H](Cc2ccccc2)NC1=O. The van der Waals surface area contributed by atoms with Crippen LogP contribution in [0.2, 0.25) is 0 Å². The van der Waals surface area contributed by atoms with Crippen LogP contribution in [0.4, 0.5) is 0 Å². The normalized spacial score (nSPS) is 21.2. The quantitative estimate of drug-likeness (QED) is 0.0283. The number of unbranched alkanes of at least 4 members (excludes halogenated alkanes) is 3. The summed E-state index contributed by atoms with van der Waals surface area (Å²) in [7, 11) is 1.33. The first-order valence-electron chi connectivity index (χ1n) is 32.6. The number of para-hydroxylation sites is 1. The van der Waals surface area contributed by atoms with Gasteiger partial charge in [-0.1, -0.05) is 67.1 Å². The molecule has 1 aromatic heterocycles. The van der Waals surface area contributed by atoms with E-state index in [1.54, 1.807) is 74.3 Å². The Labute approximate surface area is 557 Å². The number of rotatable bonds is 28. The molecule has 0 unspecified atom stereocenters. The number of aromatic amines is 1. The van der Waals surface area contributed by atoms with Gasteiger partial charge in [0.25, 0.3) is 0 Å². The largest absolute Gasteiger partial charge is 0.508 e. The van der Waals surface area contributed by atoms with Crippen LogP contribution in [-0.4, -0.2) is 268 Å². The highest BCUT2D eigenvalue weighted by atomic mass is 16.4. The Morgan fingerprint density at radius 3 is 1.61 bits per heavy atom. The first-order chi connectivity index (χ1) is 46.0. The molecule has 7 atom stereocenters. The van der Waals surface area contributed by atoms with Gasteiger partial charge in [0, 0.05) is 115 Å². The van der Waals surface area contributed by atoms with Crippen molar-refractivity contribution in [2.24, 2.45) is 5.73 Å². The molecule has 0 aliphatic carbocycles. The molecule has 2 saturated heterocycles. The van der Waals surface area contributed by atoms with Gasteiger partial charge in [-0.15, -0.1) is 0 Å². The number of aliphatic hydroxyl groups is 1. The number of aliphatic carboxylic acids is 3. The third-order valence-electron chi connectivity index (χ3n) is 16.9. The first kappa shape index (κ1) is 76.0. The maximum absolute atomic E-state index is 15.1. The van der Waals surface area contributed by atoms with E-state index in [0.717, 1.165) is 15.8 Å². The highest BCUT2D eigenvalue weighted by molar-refractivity contribution is 5.99. The number of H-pyrrole nitrogens is 1. The number of hydrogen-bond donors (Lipinski definition) is 14. The minimum Gasteiger partial charge on any atom is -0.508 e. The van der Waals surface area contributed by atoms with Crippen molar-refractivity contribution in [1.82, 2.24) is 66.7 Å². The summed E-state index contributed by atoms with van der Waals surface area (Å²) in [5.74, 6) is -9.10. The molecule has 96 heavy (non-hydrogen) atoms. The van der Waals surface area contributed by atoms with E-state index in [1.165, 1.54) is 26.1 Å². The highest BCUT2D eigenvalue weighted by Crippen LogP contribution is 2.21. The number of hydrogen-bond acceptors (Lipinski definition) is 18. The summed E-state index contributed by atoms with van der Waals surface area (Å²) in [5.41, 5.74) is 8.26. The number of aromatic hydroxyl groups is 1. The van der Waals surface area contributed by atoms with Crippen LogP contribution in [0.1, 0.15) is 75.0 Å². The number of aromatic nitrogens is 1. The molecule has 0 saturated carbocycles. The van der Waals surface area contributed by atoms with Gasteiger partial charge in [0.2, 0.25) is 47.3 Å². The van der Waals surface area contributed by atoms with Crippen LogP contribution in [0, 0.1) is 0 Å². The predicted molar refractivity (Wildman–Crippen MR) is 353 cm³/mol. The third kappa shape index (κ3) is 25.6. The van der Waals surface area contributed by atoms with Gasteiger partial charge in [-0.05, 0) is 86.9 Å². The van der Waals surface area contributed by atoms with Crippen molar-refractivity contribution in [3.63, 3.8) is 0 Å². The molecule has 8 amide bonds. The van der Waals surface area contributed by atoms with Crippen molar-refractivity contribution in [1.29, 1.82) is 0 Å². The second-order valence-electron chi connectivity index (χ2n) is 24.4. The lowest BCUT2D eigenvalue weighted by molar-refractivity contribution is -0.144. The molecule has 0 bridgehead atoms. The molecule has 2 aliphatic heterocycles. The monoisotopic (exact) mass is 1340 g/mol. The fraction of sp³-hybridized carbons (Fsp3) is 0.530. The number of nitrogens with one attached hydrogen (secondary N) is 8. The van der Waals surface area contributed by atoms with Gasteiger partial charge in [-0.2, -0.15) is 0 Å². The maximum atomic E-state index is 15.1. The van der Waals surface area contributed by atoms with E-state index >= 15 is 9.59 Å². The summed E-state index contributed by atoms with van der Waals surface area (Å²) in [5, 5.41) is 70.1. The van der Waals surface area contributed by atoms with E-state index in [1.807, 2.05) is 18.2 Å². The Morgan fingerprint density at radius 1 is 0.531 bits per heavy atom. The summed E-state index contributed by atoms with van der Waals surface area (Å²) in [6.45, 7) is 2.53. The molecular formula is C66H94N14O16. The van der Waals surface area contributed by atoms with Crippen molar-refractivity contribution in [3.05, 3.63) is 102 Å². The number of carbonyl (C=O) groups excluding carboxylic acids is 8. The lowest BCUT2D eigenvalue weighted by atomic mass is 9.99. The van der Waals surface area contributed by atoms with Crippen LogP contribution >= 0.6 is 0 Å². The number of nitrogens with zero attached hydrogens (tertiary/aromatic N) is 5. The van der Waals surface area contributed by atoms with Gasteiger partial charge in [0.15, 0.2) is 0 Å². The van der Waals surface area contributed by atoms with E-state index in [0.29, 0.717) is 48.8 Å². The molecule has 4 aromatic rings. The number of likely N-dealkylation sites (N-methyl/N-ethyl adjacent to an activating group) is 1. The van der Waals surface area contributed by atoms with Crippen LogP contribution in [0.5, 0.6) is 5.75 Å². The second-order valence-corrected chi connectivity index (χ2v) is 24.4. The molecule has 30 heteroatoms. The number of phenolic OH excluding ortho intramolecular Hbond substituents is 1. The Hall–Kier alpha value is -9.07. The highest BCUT2D eigenvalue weighted by Gasteiger charge is 2.39. The van der Waals surface area contributed by atoms with E-state index in [-0.39, 0.29) is 148 Å².